The van der Waals surface area contributed by atoms with Gasteiger partial charge in [-0.1, -0.05) is 48.2 Å². The van der Waals surface area contributed by atoms with E-state index in [9.17, 15) is 14.7 Å². The minimum absolute atomic E-state index is 0.0517. The first-order chi connectivity index (χ1) is 13.0. The number of thioether (sulfide) groups is 1. The summed E-state index contributed by atoms with van der Waals surface area (Å²) in [5, 5.41) is 12.8. The van der Waals surface area contributed by atoms with E-state index < -0.39 is 5.56 Å². The number of nitrogens with one attached hydrogen (secondary N) is 1. The maximum Gasteiger partial charge on any atom is 0.262 e. The molecule has 0 saturated carbocycles. The molecule has 0 aliphatic carbocycles. The van der Waals surface area contributed by atoms with Crippen molar-refractivity contribution in [2.75, 3.05) is 11.1 Å². The molecule has 27 heavy (non-hydrogen) atoms. The van der Waals surface area contributed by atoms with Crippen molar-refractivity contribution in [1.29, 1.82) is 0 Å². The lowest BCUT2D eigenvalue weighted by atomic mass is 10.2. The number of aromatic nitrogens is 2. The number of anilines is 1. The van der Waals surface area contributed by atoms with Gasteiger partial charge in [0.25, 0.3) is 5.56 Å². The van der Waals surface area contributed by atoms with E-state index in [1.54, 1.807) is 6.07 Å². The zero-order chi connectivity index (χ0) is 19.4. The Morgan fingerprint density at radius 2 is 1.78 bits per heavy atom. The lowest BCUT2D eigenvalue weighted by Crippen LogP contribution is -2.22. The third-order valence-electron chi connectivity index (χ3n) is 3.98. The number of nitrogens with zero attached hydrogens (tertiary/aromatic N) is 2. The van der Waals surface area contributed by atoms with Crippen molar-refractivity contribution >= 4 is 23.4 Å². The molecule has 7 heteroatoms. The monoisotopic (exact) mass is 381 g/mol. The second-order valence-electron chi connectivity index (χ2n) is 6.01. The third-order valence-corrected chi connectivity index (χ3v) is 4.92. The predicted octanol–water partition coefficient (Wildman–Crippen LogP) is 3.29. The molecular formula is C20H19N3O3S. The number of hydrogen-bond donors (Lipinski definition) is 2. The lowest BCUT2D eigenvalue weighted by molar-refractivity contribution is -0.113. The average molecular weight is 381 g/mol. The van der Waals surface area contributed by atoms with E-state index in [2.05, 4.69) is 10.3 Å². The third kappa shape index (κ3) is 4.38. The highest BCUT2D eigenvalue weighted by molar-refractivity contribution is 7.99. The summed E-state index contributed by atoms with van der Waals surface area (Å²) in [5.41, 5.74) is 2.85. The Morgan fingerprint density at radius 1 is 1.11 bits per heavy atom. The summed E-state index contributed by atoms with van der Waals surface area (Å²) < 4.78 is 1.40. The van der Waals surface area contributed by atoms with Crippen molar-refractivity contribution in [3.05, 3.63) is 76.1 Å². The lowest BCUT2D eigenvalue weighted by Gasteiger charge is -2.14. The SMILES string of the molecule is Cc1ccccc1NC(=O)CSc1nc(O)cc(=O)n1-c1ccccc1C. The van der Waals surface area contributed by atoms with Crippen molar-refractivity contribution in [2.24, 2.45) is 0 Å². The second kappa shape index (κ2) is 8.09. The number of carbonyl (C=O) groups excluding carboxylic acids is 1. The molecule has 6 nitrogen and oxygen atoms in total. The molecule has 0 aliphatic heterocycles. The summed E-state index contributed by atoms with van der Waals surface area (Å²) in [7, 11) is 0. The number of para-hydroxylation sites is 2. The number of aryl methyl sites for hydroxylation is 2. The highest BCUT2D eigenvalue weighted by Crippen LogP contribution is 2.22. The zero-order valence-corrected chi connectivity index (χ0v) is 15.8. The van der Waals surface area contributed by atoms with Gasteiger partial charge in [0.1, 0.15) is 0 Å². The molecule has 0 atom stereocenters. The first-order valence-electron chi connectivity index (χ1n) is 8.33. The molecule has 2 aromatic carbocycles. The normalized spacial score (nSPS) is 10.6. The fourth-order valence-electron chi connectivity index (χ4n) is 2.61. The van der Waals surface area contributed by atoms with Crippen LogP contribution in [0.3, 0.4) is 0 Å². The Balaban J connectivity index is 1.85. The number of carbonyl (C=O) groups is 1. The van der Waals surface area contributed by atoms with E-state index in [4.69, 9.17) is 0 Å². The van der Waals surface area contributed by atoms with Crippen molar-refractivity contribution in [2.45, 2.75) is 19.0 Å². The molecule has 1 aromatic heterocycles. The molecule has 3 rings (SSSR count). The van der Waals surface area contributed by atoms with Crippen LogP contribution in [0.15, 0.2) is 64.5 Å². The summed E-state index contributed by atoms with van der Waals surface area (Å²) in [5.74, 6) is -0.536. The van der Waals surface area contributed by atoms with E-state index in [1.165, 1.54) is 4.57 Å². The Morgan fingerprint density at radius 3 is 2.48 bits per heavy atom. The number of aromatic hydroxyl groups is 1. The van der Waals surface area contributed by atoms with Crippen LogP contribution >= 0.6 is 11.8 Å². The molecule has 0 saturated heterocycles. The van der Waals surface area contributed by atoms with E-state index in [0.29, 0.717) is 5.69 Å². The molecular weight excluding hydrogens is 362 g/mol. The Bertz CT molecular complexity index is 1050. The Labute approximate surface area is 160 Å². The highest BCUT2D eigenvalue weighted by atomic mass is 32.2. The van der Waals surface area contributed by atoms with Crippen molar-refractivity contribution in [3.8, 4) is 11.6 Å². The van der Waals surface area contributed by atoms with Crippen LogP contribution in [0, 0.1) is 13.8 Å². The van der Waals surface area contributed by atoms with Crippen LogP contribution in [0.5, 0.6) is 5.88 Å². The molecule has 0 radical (unpaired) electrons. The average Bonchev–Trinajstić information content (AvgIpc) is 2.62. The topological polar surface area (TPSA) is 84.2 Å². The molecule has 2 N–H and O–H groups in total. The maximum atomic E-state index is 12.4. The van der Waals surface area contributed by atoms with Gasteiger partial charge in [-0.25, -0.2) is 0 Å². The van der Waals surface area contributed by atoms with Crippen LogP contribution in [-0.4, -0.2) is 26.3 Å². The fraction of sp³-hybridized carbons (Fsp3) is 0.150. The first-order valence-corrected chi connectivity index (χ1v) is 9.31. The number of benzene rings is 2. The predicted molar refractivity (Wildman–Crippen MR) is 107 cm³/mol. The molecule has 0 fully saturated rings. The van der Waals surface area contributed by atoms with Gasteiger partial charge < -0.3 is 10.4 Å². The van der Waals surface area contributed by atoms with Crippen LogP contribution in [0.1, 0.15) is 11.1 Å². The number of amides is 1. The minimum atomic E-state index is -0.404. The van der Waals surface area contributed by atoms with Crippen LogP contribution in [-0.2, 0) is 4.79 Å². The molecule has 1 amide bonds. The van der Waals surface area contributed by atoms with E-state index >= 15 is 0 Å². The highest BCUT2D eigenvalue weighted by Gasteiger charge is 2.14. The number of rotatable bonds is 5. The van der Waals surface area contributed by atoms with Crippen molar-refractivity contribution < 1.29 is 9.90 Å². The molecule has 1 heterocycles. The molecule has 0 unspecified atom stereocenters. The maximum absolute atomic E-state index is 12.4. The summed E-state index contributed by atoms with van der Waals surface area (Å²) in [6.45, 7) is 3.79. The molecule has 3 aromatic rings. The van der Waals surface area contributed by atoms with E-state index in [0.717, 1.165) is 34.6 Å². The number of hydrogen-bond acceptors (Lipinski definition) is 5. The van der Waals surface area contributed by atoms with Gasteiger partial charge in [0.2, 0.25) is 11.8 Å². The summed E-state index contributed by atoms with van der Waals surface area (Å²) in [4.78, 5) is 28.8. The molecule has 0 aliphatic rings. The first kappa shape index (κ1) is 18.7. The van der Waals surface area contributed by atoms with Gasteiger partial charge in [-0.15, -0.1) is 0 Å². The van der Waals surface area contributed by atoms with Gasteiger partial charge in [0, 0.05) is 5.69 Å². The van der Waals surface area contributed by atoms with Crippen molar-refractivity contribution in [1.82, 2.24) is 9.55 Å². The quantitative estimate of drug-likeness (QED) is 0.523. The summed E-state index contributed by atoms with van der Waals surface area (Å²) >= 11 is 1.09. The second-order valence-corrected chi connectivity index (χ2v) is 6.95. The van der Waals surface area contributed by atoms with Gasteiger partial charge in [-0.2, -0.15) is 4.98 Å². The Kier molecular flexibility index (Phi) is 5.61. The van der Waals surface area contributed by atoms with Gasteiger partial charge in [-0.05, 0) is 37.1 Å². The van der Waals surface area contributed by atoms with Gasteiger partial charge in [-0.3, -0.25) is 14.2 Å². The largest absolute Gasteiger partial charge is 0.493 e. The van der Waals surface area contributed by atoms with Crippen molar-refractivity contribution in [3.63, 3.8) is 0 Å². The minimum Gasteiger partial charge on any atom is -0.493 e. The van der Waals surface area contributed by atoms with Gasteiger partial charge in [0.15, 0.2) is 5.16 Å². The summed E-state index contributed by atoms with van der Waals surface area (Å²) in [6.07, 6.45) is 0. The van der Waals surface area contributed by atoms with Crippen LogP contribution in [0.2, 0.25) is 0 Å². The molecule has 0 spiro atoms. The van der Waals surface area contributed by atoms with Crippen LogP contribution in [0.4, 0.5) is 5.69 Å². The standard InChI is InChI=1S/C20H19N3O3S/c1-13-7-3-5-9-15(13)21-18(25)12-27-20-22-17(24)11-19(26)23(20)16-10-6-4-8-14(16)2/h3-11,24H,12H2,1-2H3,(H,21,25). The fourth-order valence-corrected chi connectivity index (χ4v) is 3.42. The van der Waals surface area contributed by atoms with Gasteiger partial charge >= 0.3 is 0 Å². The van der Waals surface area contributed by atoms with Gasteiger partial charge in [0.05, 0.1) is 17.5 Å². The van der Waals surface area contributed by atoms with Crippen LogP contribution in [0.25, 0.3) is 5.69 Å². The molecule has 138 valence electrons. The zero-order valence-electron chi connectivity index (χ0n) is 15.0. The smallest absolute Gasteiger partial charge is 0.262 e. The molecule has 0 bridgehead atoms. The Hall–Kier alpha value is -3.06. The van der Waals surface area contributed by atoms with E-state index in [1.807, 2.05) is 56.3 Å². The van der Waals surface area contributed by atoms with Crippen LogP contribution < -0.4 is 10.9 Å². The summed E-state index contributed by atoms with van der Waals surface area (Å²) in [6, 6.07) is 15.9. The van der Waals surface area contributed by atoms with E-state index in [-0.39, 0.29) is 22.7 Å².